The van der Waals surface area contributed by atoms with E-state index in [2.05, 4.69) is 22.9 Å². The Morgan fingerprint density at radius 3 is 2.95 bits per heavy atom. The maximum absolute atomic E-state index is 9.37. The van der Waals surface area contributed by atoms with Crippen LogP contribution in [0.5, 0.6) is 0 Å². The van der Waals surface area contributed by atoms with Crippen molar-refractivity contribution in [2.45, 2.75) is 39.2 Å². The van der Waals surface area contributed by atoms with Crippen LogP contribution >= 0.6 is 0 Å². The number of anilines is 1. The Hall–Kier alpha value is -1.60. The van der Waals surface area contributed by atoms with Gasteiger partial charge in [0.1, 0.15) is 11.9 Å². The second-order valence-electron chi connectivity index (χ2n) is 5.22. The number of pyridine rings is 1. The van der Waals surface area contributed by atoms with Crippen molar-refractivity contribution in [1.29, 1.82) is 5.26 Å². The van der Waals surface area contributed by atoms with Crippen molar-refractivity contribution in [3.05, 3.63) is 23.4 Å². The van der Waals surface area contributed by atoms with E-state index < -0.39 is 0 Å². The van der Waals surface area contributed by atoms with Crippen molar-refractivity contribution in [1.82, 2.24) is 4.98 Å². The lowest BCUT2D eigenvalue weighted by Crippen LogP contribution is -2.41. The number of hydrogen-bond acceptors (Lipinski definition) is 4. The highest BCUT2D eigenvalue weighted by atomic mass is 15.2. The van der Waals surface area contributed by atoms with Crippen molar-refractivity contribution < 1.29 is 0 Å². The number of rotatable bonds is 4. The fraction of sp³-hybridized carbons (Fsp3) is 0.600. The fourth-order valence-electron chi connectivity index (χ4n) is 3.14. The molecule has 1 aromatic rings. The molecular formula is C15H22N4. The molecule has 1 aliphatic carbocycles. The molecule has 0 amide bonds. The predicted molar refractivity (Wildman–Crippen MR) is 76.9 cm³/mol. The van der Waals surface area contributed by atoms with Crippen LogP contribution in [0.1, 0.15) is 37.3 Å². The van der Waals surface area contributed by atoms with Gasteiger partial charge in [-0.15, -0.1) is 0 Å². The first-order chi connectivity index (χ1) is 9.22. The van der Waals surface area contributed by atoms with Crippen LogP contribution in [0.3, 0.4) is 0 Å². The highest BCUT2D eigenvalue weighted by Gasteiger charge is 2.32. The normalized spacial score (nSPS) is 22.2. The summed E-state index contributed by atoms with van der Waals surface area (Å²) in [6.07, 6.45) is 5.35. The van der Waals surface area contributed by atoms with Gasteiger partial charge in [-0.3, -0.25) is 0 Å². The van der Waals surface area contributed by atoms with Gasteiger partial charge in [0.2, 0.25) is 0 Å². The molecule has 0 spiro atoms. The summed E-state index contributed by atoms with van der Waals surface area (Å²) in [6, 6.07) is 4.62. The molecule has 2 rings (SSSR count). The van der Waals surface area contributed by atoms with Gasteiger partial charge in [-0.2, -0.15) is 5.26 Å². The molecule has 0 aromatic carbocycles. The molecule has 2 N–H and O–H groups in total. The number of nitriles is 1. The summed E-state index contributed by atoms with van der Waals surface area (Å²) in [5, 5.41) is 9.37. The Morgan fingerprint density at radius 2 is 2.32 bits per heavy atom. The SMILES string of the molecule is CCN(c1nccc(C)c1C#N)C1CCCC1CN. The third-order valence-electron chi connectivity index (χ3n) is 4.19. The summed E-state index contributed by atoms with van der Waals surface area (Å²) in [7, 11) is 0. The number of nitrogens with zero attached hydrogens (tertiary/aromatic N) is 3. The van der Waals surface area contributed by atoms with Gasteiger partial charge in [0, 0.05) is 18.8 Å². The Morgan fingerprint density at radius 1 is 1.53 bits per heavy atom. The monoisotopic (exact) mass is 258 g/mol. The summed E-state index contributed by atoms with van der Waals surface area (Å²) < 4.78 is 0. The smallest absolute Gasteiger partial charge is 0.146 e. The topological polar surface area (TPSA) is 65.9 Å². The molecule has 102 valence electrons. The molecule has 19 heavy (non-hydrogen) atoms. The minimum Gasteiger partial charge on any atom is -0.352 e. The molecule has 2 unspecified atom stereocenters. The molecule has 0 radical (unpaired) electrons. The van der Waals surface area contributed by atoms with E-state index in [4.69, 9.17) is 5.73 Å². The van der Waals surface area contributed by atoms with Gasteiger partial charge >= 0.3 is 0 Å². The quantitative estimate of drug-likeness (QED) is 0.899. The zero-order chi connectivity index (χ0) is 13.8. The third kappa shape index (κ3) is 2.57. The van der Waals surface area contributed by atoms with Crippen molar-refractivity contribution in [2.75, 3.05) is 18.0 Å². The molecule has 0 saturated heterocycles. The van der Waals surface area contributed by atoms with E-state index in [1.165, 1.54) is 12.8 Å². The Labute approximate surface area is 115 Å². The van der Waals surface area contributed by atoms with Gasteiger partial charge in [0.25, 0.3) is 0 Å². The molecule has 2 atom stereocenters. The molecule has 0 bridgehead atoms. The Bertz CT molecular complexity index is 478. The lowest BCUT2D eigenvalue weighted by Gasteiger charge is -2.33. The zero-order valence-corrected chi connectivity index (χ0v) is 11.8. The van der Waals surface area contributed by atoms with Crippen molar-refractivity contribution in [3.8, 4) is 6.07 Å². The first-order valence-electron chi connectivity index (χ1n) is 7.05. The largest absolute Gasteiger partial charge is 0.352 e. The van der Waals surface area contributed by atoms with E-state index >= 15 is 0 Å². The van der Waals surface area contributed by atoms with Crippen molar-refractivity contribution in [3.63, 3.8) is 0 Å². The van der Waals surface area contributed by atoms with Crippen LogP contribution in [0.2, 0.25) is 0 Å². The van der Waals surface area contributed by atoms with Gasteiger partial charge in [0.15, 0.2) is 0 Å². The average Bonchev–Trinajstić information content (AvgIpc) is 2.88. The van der Waals surface area contributed by atoms with E-state index in [0.29, 0.717) is 17.5 Å². The summed E-state index contributed by atoms with van der Waals surface area (Å²) in [5.74, 6) is 1.35. The highest BCUT2D eigenvalue weighted by Crippen LogP contribution is 2.33. The number of hydrogen-bond donors (Lipinski definition) is 1. The van der Waals surface area contributed by atoms with Gasteiger partial charge in [-0.05, 0) is 50.8 Å². The van der Waals surface area contributed by atoms with Crippen LogP contribution < -0.4 is 10.6 Å². The number of aromatic nitrogens is 1. The van der Waals surface area contributed by atoms with Gasteiger partial charge in [-0.25, -0.2) is 4.98 Å². The van der Waals surface area contributed by atoms with Gasteiger partial charge < -0.3 is 10.6 Å². The minimum absolute atomic E-state index is 0.427. The average molecular weight is 258 g/mol. The maximum Gasteiger partial charge on any atom is 0.146 e. The summed E-state index contributed by atoms with van der Waals surface area (Å²) in [6.45, 7) is 5.67. The van der Waals surface area contributed by atoms with Crippen molar-refractivity contribution in [2.24, 2.45) is 11.7 Å². The van der Waals surface area contributed by atoms with E-state index in [-0.39, 0.29) is 0 Å². The summed E-state index contributed by atoms with van der Waals surface area (Å²) in [4.78, 5) is 6.73. The molecule has 1 saturated carbocycles. The molecule has 1 aromatic heterocycles. The van der Waals surface area contributed by atoms with E-state index in [9.17, 15) is 5.26 Å². The van der Waals surface area contributed by atoms with Crippen LogP contribution in [0.15, 0.2) is 12.3 Å². The van der Waals surface area contributed by atoms with Crippen LogP contribution in [-0.4, -0.2) is 24.1 Å². The predicted octanol–water partition coefficient (Wildman–Crippen LogP) is 2.22. The first-order valence-corrected chi connectivity index (χ1v) is 7.05. The summed E-state index contributed by atoms with van der Waals surface area (Å²) >= 11 is 0. The van der Waals surface area contributed by atoms with Crippen LogP contribution in [0.25, 0.3) is 0 Å². The van der Waals surface area contributed by atoms with E-state index in [0.717, 1.165) is 30.9 Å². The molecule has 4 nitrogen and oxygen atoms in total. The summed E-state index contributed by atoms with van der Waals surface area (Å²) in [5.41, 5.74) is 7.58. The van der Waals surface area contributed by atoms with Gasteiger partial charge in [0.05, 0.1) is 5.56 Å². The van der Waals surface area contributed by atoms with E-state index in [1.807, 2.05) is 13.0 Å². The number of nitrogens with two attached hydrogens (primary N) is 1. The second kappa shape index (κ2) is 6.03. The molecular weight excluding hydrogens is 236 g/mol. The highest BCUT2D eigenvalue weighted by molar-refractivity contribution is 5.57. The lowest BCUT2D eigenvalue weighted by atomic mass is 10.0. The molecule has 4 heteroatoms. The molecule has 1 fully saturated rings. The minimum atomic E-state index is 0.427. The van der Waals surface area contributed by atoms with Crippen LogP contribution in [0, 0.1) is 24.2 Å². The molecule has 1 heterocycles. The Balaban J connectivity index is 2.37. The standard InChI is InChI=1S/C15H22N4/c1-3-19(14-6-4-5-12(14)9-16)15-13(10-17)11(2)7-8-18-15/h7-8,12,14H,3-6,9,16H2,1-2H3. The maximum atomic E-state index is 9.37. The molecule has 0 aliphatic heterocycles. The van der Waals surface area contributed by atoms with Crippen LogP contribution in [0.4, 0.5) is 5.82 Å². The van der Waals surface area contributed by atoms with Crippen molar-refractivity contribution >= 4 is 5.82 Å². The second-order valence-corrected chi connectivity index (χ2v) is 5.22. The third-order valence-corrected chi connectivity index (χ3v) is 4.19. The first kappa shape index (κ1) is 13.8. The van der Waals surface area contributed by atoms with Crippen LogP contribution in [-0.2, 0) is 0 Å². The Kier molecular flexibility index (Phi) is 4.39. The number of aryl methyl sites for hydroxylation is 1. The van der Waals surface area contributed by atoms with Gasteiger partial charge in [-0.1, -0.05) is 6.42 Å². The fourth-order valence-corrected chi connectivity index (χ4v) is 3.14. The zero-order valence-electron chi connectivity index (χ0n) is 11.8. The lowest BCUT2D eigenvalue weighted by molar-refractivity contribution is 0.459. The van der Waals surface area contributed by atoms with E-state index in [1.54, 1.807) is 6.20 Å². The molecule has 1 aliphatic rings.